The molecule has 2 amide bonds. The third-order valence-corrected chi connectivity index (χ3v) is 7.45. The highest BCUT2D eigenvalue weighted by Gasteiger charge is 2.24. The summed E-state index contributed by atoms with van der Waals surface area (Å²) < 4.78 is 10.7. The van der Waals surface area contributed by atoms with Crippen LogP contribution < -0.4 is 25.0 Å². The van der Waals surface area contributed by atoms with Crippen molar-refractivity contribution in [2.24, 2.45) is 0 Å². The van der Waals surface area contributed by atoms with Gasteiger partial charge < -0.3 is 24.6 Å². The SMILES string of the molecule is CCCOc1ccc(C(=O)N2CCN(c3ccc(NC(=S)NC(=O)c4cc(Cl)c(OC)c(Cl)c4)cc3Cl)CC2)cc1. The van der Waals surface area contributed by atoms with Crippen molar-refractivity contribution in [3.05, 3.63) is 80.8 Å². The number of hydrogen-bond donors (Lipinski definition) is 2. The zero-order valence-electron chi connectivity index (χ0n) is 22.5. The van der Waals surface area contributed by atoms with Gasteiger partial charge in [0, 0.05) is 43.0 Å². The number of thiocarbonyl (C=S) groups is 1. The van der Waals surface area contributed by atoms with Gasteiger partial charge in [0.25, 0.3) is 11.8 Å². The number of hydrogen-bond acceptors (Lipinski definition) is 6. The van der Waals surface area contributed by atoms with Crippen molar-refractivity contribution >= 4 is 75.3 Å². The maximum atomic E-state index is 13.0. The topological polar surface area (TPSA) is 83.1 Å². The van der Waals surface area contributed by atoms with Gasteiger partial charge in [0.15, 0.2) is 10.9 Å². The Bertz CT molecular complexity index is 1410. The summed E-state index contributed by atoms with van der Waals surface area (Å²) in [4.78, 5) is 29.6. The van der Waals surface area contributed by atoms with Crippen LogP contribution in [0.15, 0.2) is 54.6 Å². The molecule has 0 saturated carbocycles. The molecular weight excluding hydrogens is 607 g/mol. The Labute approximate surface area is 259 Å². The zero-order valence-corrected chi connectivity index (χ0v) is 25.6. The number of nitrogens with one attached hydrogen (secondary N) is 2. The first-order chi connectivity index (χ1) is 19.7. The average Bonchev–Trinajstić information content (AvgIpc) is 2.96. The number of methoxy groups -OCH3 is 1. The van der Waals surface area contributed by atoms with E-state index in [1.807, 2.05) is 36.1 Å². The Kier molecular flexibility index (Phi) is 10.6. The summed E-state index contributed by atoms with van der Waals surface area (Å²) >= 11 is 24.2. The van der Waals surface area contributed by atoms with Crippen molar-refractivity contribution < 1.29 is 19.1 Å². The predicted molar refractivity (Wildman–Crippen MR) is 168 cm³/mol. The standard InChI is InChI=1S/C29H29Cl3N4O4S/c1-3-14-40-21-7-4-18(5-8-21)28(38)36-12-10-35(11-13-36)25-9-6-20(17-22(25)30)33-29(41)34-27(37)19-15-23(31)26(39-2)24(32)16-19/h4-9,15-17H,3,10-14H2,1-2H3,(H2,33,34,37,41). The third-order valence-electron chi connectivity index (χ3n) is 6.38. The number of amides is 2. The number of carbonyl (C=O) groups excluding carboxylic acids is 2. The summed E-state index contributed by atoms with van der Waals surface area (Å²) in [6.07, 6.45) is 0.928. The number of rotatable bonds is 8. The van der Waals surface area contributed by atoms with E-state index in [2.05, 4.69) is 15.5 Å². The Balaban J connectivity index is 1.31. The van der Waals surface area contributed by atoms with Gasteiger partial charge in [-0.05, 0) is 73.2 Å². The van der Waals surface area contributed by atoms with E-state index in [0.29, 0.717) is 49.1 Å². The molecule has 1 aliphatic rings. The van der Waals surface area contributed by atoms with Crippen LogP contribution in [0.3, 0.4) is 0 Å². The first-order valence-electron chi connectivity index (χ1n) is 12.9. The number of benzene rings is 3. The van der Waals surface area contributed by atoms with Gasteiger partial charge in [0.2, 0.25) is 0 Å². The van der Waals surface area contributed by atoms with E-state index in [1.54, 1.807) is 18.2 Å². The molecule has 0 radical (unpaired) electrons. The Hall–Kier alpha value is -3.24. The summed E-state index contributed by atoms with van der Waals surface area (Å²) in [6, 6.07) is 15.6. The second kappa shape index (κ2) is 14.1. The second-order valence-corrected chi connectivity index (χ2v) is 10.8. The quantitative estimate of drug-likeness (QED) is 0.272. The summed E-state index contributed by atoms with van der Waals surface area (Å²) in [5, 5.41) is 6.58. The largest absolute Gasteiger partial charge is 0.494 e. The number of carbonyl (C=O) groups is 2. The summed E-state index contributed by atoms with van der Waals surface area (Å²) in [6.45, 7) is 5.10. The summed E-state index contributed by atoms with van der Waals surface area (Å²) in [5.74, 6) is 0.560. The molecule has 3 aromatic carbocycles. The first-order valence-corrected chi connectivity index (χ1v) is 14.5. The molecule has 4 rings (SSSR count). The van der Waals surface area contributed by atoms with Crippen LogP contribution in [-0.2, 0) is 0 Å². The summed E-state index contributed by atoms with van der Waals surface area (Å²) in [7, 11) is 1.44. The molecule has 12 heteroatoms. The van der Waals surface area contributed by atoms with E-state index in [-0.39, 0.29) is 32.4 Å². The van der Waals surface area contributed by atoms with E-state index in [4.69, 9.17) is 56.5 Å². The number of anilines is 2. The highest BCUT2D eigenvalue weighted by molar-refractivity contribution is 7.80. The molecule has 1 heterocycles. The van der Waals surface area contributed by atoms with Crippen LogP contribution >= 0.6 is 47.0 Å². The second-order valence-electron chi connectivity index (χ2n) is 9.20. The molecule has 0 unspecified atom stereocenters. The van der Waals surface area contributed by atoms with Gasteiger partial charge in [-0.3, -0.25) is 14.9 Å². The van der Waals surface area contributed by atoms with Crippen LogP contribution in [0.2, 0.25) is 15.1 Å². The van der Waals surface area contributed by atoms with Crippen LogP contribution in [0.5, 0.6) is 11.5 Å². The molecule has 3 aromatic rings. The van der Waals surface area contributed by atoms with E-state index in [9.17, 15) is 9.59 Å². The van der Waals surface area contributed by atoms with Crippen LogP contribution in [0.25, 0.3) is 0 Å². The van der Waals surface area contributed by atoms with Crippen LogP contribution in [0.4, 0.5) is 11.4 Å². The van der Waals surface area contributed by atoms with Crippen molar-refractivity contribution in [3.8, 4) is 11.5 Å². The van der Waals surface area contributed by atoms with Crippen molar-refractivity contribution in [3.63, 3.8) is 0 Å². The van der Waals surface area contributed by atoms with Gasteiger partial charge in [-0.15, -0.1) is 0 Å². The molecule has 1 fully saturated rings. The molecule has 0 bridgehead atoms. The highest BCUT2D eigenvalue weighted by Crippen LogP contribution is 2.34. The number of nitrogens with zero attached hydrogens (tertiary/aromatic N) is 2. The fourth-order valence-electron chi connectivity index (χ4n) is 4.31. The first kappa shape index (κ1) is 30.7. The molecule has 0 aliphatic carbocycles. The fraction of sp³-hybridized carbons (Fsp3) is 0.276. The minimum Gasteiger partial charge on any atom is -0.494 e. The molecule has 0 spiro atoms. The Morgan fingerprint density at radius 2 is 1.56 bits per heavy atom. The van der Waals surface area contributed by atoms with E-state index in [1.165, 1.54) is 19.2 Å². The molecular formula is C29H29Cl3N4O4S. The average molecular weight is 636 g/mol. The number of piperazine rings is 1. The van der Waals surface area contributed by atoms with Gasteiger partial charge in [0.1, 0.15) is 5.75 Å². The smallest absolute Gasteiger partial charge is 0.257 e. The monoisotopic (exact) mass is 634 g/mol. The highest BCUT2D eigenvalue weighted by atomic mass is 35.5. The Morgan fingerprint density at radius 3 is 2.15 bits per heavy atom. The van der Waals surface area contributed by atoms with E-state index >= 15 is 0 Å². The van der Waals surface area contributed by atoms with Crippen LogP contribution in [-0.4, -0.2) is 61.7 Å². The molecule has 1 aliphatic heterocycles. The van der Waals surface area contributed by atoms with Gasteiger partial charge in [-0.2, -0.15) is 0 Å². The van der Waals surface area contributed by atoms with Gasteiger partial charge in [-0.25, -0.2) is 0 Å². The van der Waals surface area contributed by atoms with E-state index in [0.717, 1.165) is 17.9 Å². The maximum absolute atomic E-state index is 13.0. The summed E-state index contributed by atoms with van der Waals surface area (Å²) in [5.41, 5.74) is 2.32. The van der Waals surface area contributed by atoms with Crippen molar-refractivity contribution in [1.29, 1.82) is 0 Å². The maximum Gasteiger partial charge on any atom is 0.257 e. The number of ether oxygens (including phenoxy) is 2. The van der Waals surface area contributed by atoms with Crippen molar-refractivity contribution in [2.45, 2.75) is 13.3 Å². The minimum atomic E-state index is -0.482. The molecule has 0 aromatic heterocycles. The normalized spacial score (nSPS) is 13.0. The minimum absolute atomic E-state index is 0.00733. The van der Waals surface area contributed by atoms with Crippen molar-refractivity contribution in [2.75, 3.05) is 50.1 Å². The van der Waals surface area contributed by atoms with Gasteiger partial charge in [-0.1, -0.05) is 41.7 Å². The van der Waals surface area contributed by atoms with Crippen LogP contribution in [0.1, 0.15) is 34.1 Å². The lowest BCUT2D eigenvalue weighted by atomic mass is 10.1. The lowest BCUT2D eigenvalue weighted by Gasteiger charge is -2.36. The predicted octanol–water partition coefficient (Wildman–Crippen LogP) is 6.53. The molecule has 2 N–H and O–H groups in total. The third kappa shape index (κ3) is 7.74. The fourth-order valence-corrected chi connectivity index (χ4v) is 5.46. The zero-order chi connectivity index (χ0) is 29.5. The Morgan fingerprint density at radius 1 is 0.902 bits per heavy atom. The van der Waals surface area contributed by atoms with Gasteiger partial charge >= 0.3 is 0 Å². The molecule has 0 atom stereocenters. The lowest BCUT2D eigenvalue weighted by molar-refractivity contribution is 0.0746. The van der Waals surface area contributed by atoms with Crippen LogP contribution in [0, 0.1) is 0 Å². The molecule has 216 valence electrons. The van der Waals surface area contributed by atoms with E-state index < -0.39 is 5.91 Å². The molecule has 8 nitrogen and oxygen atoms in total. The van der Waals surface area contributed by atoms with Crippen molar-refractivity contribution in [1.82, 2.24) is 10.2 Å². The molecule has 1 saturated heterocycles. The van der Waals surface area contributed by atoms with Gasteiger partial charge in [0.05, 0.1) is 34.5 Å². The number of halogens is 3. The molecule has 41 heavy (non-hydrogen) atoms. The lowest BCUT2D eigenvalue weighted by Crippen LogP contribution is -2.48.